The third-order valence-electron chi connectivity index (χ3n) is 4.94. The highest BCUT2D eigenvalue weighted by molar-refractivity contribution is 5.95. The number of carbonyl (C=O) groups excluding carboxylic acids is 2. The molecule has 0 radical (unpaired) electrons. The third kappa shape index (κ3) is 3.72. The van der Waals surface area contributed by atoms with Crippen LogP contribution in [0.3, 0.4) is 0 Å². The Morgan fingerprint density at radius 1 is 1.11 bits per heavy atom. The zero-order valence-corrected chi connectivity index (χ0v) is 15.1. The number of nitrogens with zero attached hydrogens (tertiary/aromatic N) is 2. The molecule has 4 rings (SSSR count). The molecule has 0 atom stereocenters. The Kier molecular flexibility index (Phi) is 4.66. The van der Waals surface area contributed by atoms with Gasteiger partial charge < -0.3 is 19.7 Å². The Bertz CT molecular complexity index is 875. The fourth-order valence-corrected chi connectivity index (χ4v) is 3.39. The molecule has 7 heteroatoms. The smallest absolute Gasteiger partial charge is 0.253 e. The van der Waals surface area contributed by atoms with Gasteiger partial charge in [0.05, 0.1) is 0 Å². The van der Waals surface area contributed by atoms with Gasteiger partial charge in [0.25, 0.3) is 5.91 Å². The maximum atomic E-state index is 12.7. The van der Waals surface area contributed by atoms with Gasteiger partial charge in [-0.25, -0.2) is 4.98 Å². The van der Waals surface area contributed by atoms with Crippen molar-refractivity contribution in [1.82, 2.24) is 9.88 Å². The minimum atomic E-state index is -0.117. The standard InChI is InChI=1S/C20H21N3O4/c1-13-4-7-21-18(10-13)22-19(24)14-5-8-23(9-6-14)20(25)15-2-3-16-17(11-15)27-12-26-16/h2-4,7,10-11,14H,5-6,8-9,12H2,1H3,(H,21,22,24). The Balaban J connectivity index is 1.34. The largest absolute Gasteiger partial charge is 0.454 e. The van der Waals surface area contributed by atoms with Crippen LogP contribution in [0.15, 0.2) is 36.5 Å². The molecule has 7 nitrogen and oxygen atoms in total. The van der Waals surface area contributed by atoms with Gasteiger partial charge in [0.1, 0.15) is 5.82 Å². The number of piperidine rings is 1. The molecule has 0 bridgehead atoms. The van der Waals surface area contributed by atoms with Crippen molar-refractivity contribution in [1.29, 1.82) is 0 Å². The fraction of sp³-hybridized carbons (Fsp3) is 0.350. The van der Waals surface area contributed by atoms with Gasteiger partial charge in [-0.15, -0.1) is 0 Å². The Hall–Kier alpha value is -3.09. The van der Waals surface area contributed by atoms with E-state index in [1.54, 1.807) is 29.3 Å². The van der Waals surface area contributed by atoms with Gasteiger partial charge in [-0.3, -0.25) is 9.59 Å². The monoisotopic (exact) mass is 367 g/mol. The van der Waals surface area contributed by atoms with E-state index in [2.05, 4.69) is 10.3 Å². The van der Waals surface area contributed by atoms with Gasteiger partial charge in [-0.1, -0.05) is 0 Å². The van der Waals surface area contributed by atoms with E-state index >= 15 is 0 Å². The number of pyridine rings is 1. The number of anilines is 1. The van der Waals surface area contributed by atoms with Crippen molar-refractivity contribution >= 4 is 17.6 Å². The van der Waals surface area contributed by atoms with E-state index in [1.165, 1.54) is 0 Å². The first-order chi connectivity index (χ1) is 13.1. The van der Waals surface area contributed by atoms with Crippen LogP contribution in [0.5, 0.6) is 11.5 Å². The lowest BCUT2D eigenvalue weighted by atomic mass is 9.95. The summed E-state index contributed by atoms with van der Waals surface area (Å²) in [6.07, 6.45) is 2.94. The fourth-order valence-electron chi connectivity index (χ4n) is 3.39. The summed E-state index contributed by atoms with van der Waals surface area (Å²) >= 11 is 0. The van der Waals surface area contributed by atoms with Crippen molar-refractivity contribution in [3.8, 4) is 11.5 Å². The zero-order chi connectivity index (χ0) is 18.8. The average molecular weight is 367 g/mol. The van der Waals surface area contributed by atoms with Crippen molar-refractivity contribution in [2.24, 2.45) is 5.92 Å². The number of likely N-dealkylation sites (tertiary alicyclic amines) is 1. The molecular formula is C20H21N3O4. The van der Waals surface area contributed by atoms with Crippen LogP contribution in [0.4, 0.5) is 5.82 Å². The van der Waals surface area contributed by atoms with Crippen molar-refractivity contribution in [3.63, 3.8) is 0 Å². The summed E-state index contributed by atoms with van der Waals surface area (Å²) in [5.41, 5.74) is 1.62. The minimum absolute atomic E-state index is 0.0386. The van der Waals surface area contributed by atoms with Crippen LogP contribution in [0.2, 0.25) is 0 Å². The Morgan fingerprint density at radius 3 is 2.67 bits per heavy atom. The molecule has 2 amide bonds. The first-order valence-electron chi connectivity index (χ1n) is 9.02. The van der Waals surface area contributed by atoms with Gasteiger partial charge in [0.2, 0.25) is 12.7 Å². The Morgan fingerprint density at radius 2 is 1.89 bits per heavy atom. The van der Waals surface area contributed by atoms with E-state index in [0.717, 1.165) is 5.56 Å². The molecule has 2 aliphatic heterocycles. The van der Waals surface area contributed by atoms with Crippen molar-refractivity contribution in [2.75, 3.05) is 25.2 Å². The number of aromatic nitrogens is 1. The normalized spacial score (nSPS) is 16.3. The second-order valence-corrected chi connectivity index (χ2v) is 6.84. The Labute approximate surface area is 157 Å². The first-order valence-corrected chi connectivity index (χ1v) is 9.02. The molecule has 140 valence electrons. The maximum Gasteiger partial charge on any atom is 0.253 e. The molecule has 27 heavy (non-hydrogen) atoms. The minimum Gasteiger partial charge on any atom is -0.454 e. The van der Waals surface area contributed by atoms with E-state index in [1.807, 2.05) is 19.1 Å². The number of benzene rings is 1. The highest BCUT2D eigenvalue weighted by Crippen LogP contribution is 2.33. The van der Waals surface area contributed by atoms with Crippen LogP contribution >= 0.6 is 0 Å². The number of fused-ring (bicyclic) bond motifs is 1. The van der Waals surface area contributed by atoms with Crippen molar-refractivity contribution < 1.29 is 19.1 Å². The summed E-state index contributed by atoms with van der Waals surface area (Å²) in [6, 6.07) is 8.95. The van der Waals surface area contributed by atoms with Gasteiger partial charge in [-0.05, 0) is 55.7 Å². The van der Waals surface area contributed by atoms with Gasteiger partial charge in [0, 0.05) is 30.8 Å². The SMILES string of the molecule is Cc1ccnc(NC(=O)C2CCN(C(=O)c3ccc4c(c3)OCO4)CC2)c1. The first kappa shape index (κ1) is 17.3. The average Bonchev–Trinajstić information content (AvgIpc) is 3.15. The van der Waals surface area contributed by atoms with Crippen LogP contribution in [0.25, 0.3) is 0 Å². The van der Waals surface area contributed by atoms with E-state index in [9.17, 15) is 9.59 Å². The quantitative estimate of drug-likeness (QED) is 0.902. The number of carbonyl (C=O) groups is 2. The number of aryl methyl sites for hydroxylation is 1. The lowest BCUT2D eigenvalue weighted by molar-refractivity contribution is -0.121. The summed E-state index contributed by atoms with van der Waals surface area (Å²) in [4.78, 5) is 31.1. The summed E-state index contributed by atoms with van der Waals surface area (Å²) in [6.45, 7) is 3.24. The highest BCUT2D eigenvalue weighted by Gasteiger charge is 2.28. The molecule has 1 saturated heterocycles. The highest BCUT2D eigenvalue weighted by atomic mass is 16.7. The van der Waals surface area contributed by atoms with Gasteiger partial charge in [0.15, 0.2) is 11.5 Å². The number of rotatable bonds is 3. The molecular weight excluding hydrogens is 346 g/mol. The van der Waals surface area contributed by atoms with Crippen LogP contribution in [-0.4, -0.2) is 41.6 Å². The predicted molar refractivity (Wildman–Crippen MR) is 98.8 cm³/mol. The molecule has 1 fully saturated rings. The number of ether oxygens (including phenoxy) is 2. The van der Waals surface area contributed by atoms with E-state index in [4.69, 9.17) is 9.47 Å². The molecule has 2 aromatic rings. The number of hydrogen-bond donors (Lipinski definition) is 1. The molecule has 1 N–H and O–H groups in total. The molecule has 1 aromatic heterocycles. The van der Waals surface area contributed by atoms with Crippen LogP contribution in [0, 0.1) is 12.8 Å². The van der Waals surface area contributed by atoms with E-state index in [0.29, 0.717) is 48.8 Å². The molecule has 3 heterocycles. The predicted octanol–water partition coefficient (Wildman–Crippen LogP) is 2.61. The van der Waals surface area contributed by atoms with Crippen LogP contribution < -0.4 is 14.8 Å². The van der Waals surface area contributed by atoms with E-state index < -0.39 is 0 Å². The molecule has 1 aromatic carbocycles. The van der Waals surface area contributed by atoms with Crippen LogP contribution in [0.1, 0.15) is 28.8 Å². The molecule has 0 unspecified atom stereocenters. The summed E-state index contributed by atoms with van der Waals surface area (Å²) in [7, 11) is 0. The van der Waals surface area contributed by atoms with Gasteiger partial charge >= 0.3 is 0 Å². The molecule has 0 saturated carbocycles. The molecule has 2 aliphatic rings. The third-order valence-corrected chi connectivity index (χ3v) is 4.94. The number of amides is 2. The van der Waals surface area contributed by atoms with Crippen LogP contribution in [-0.2, 0) is 4.79 Å². The maximum absolute atomic E-state index is 12.7. The summed E-state index contributed by atoms with van der Waals surface area (Å²) in [5.74, 6) is 1.62. The van der Waals surface area contributed by atoms with Gasteiger partial charge in [-0.2, -0.15) is 0 Å². The number of hydrogen-bond acceptors (Lipinski definition) is 5. The molecule has 0 spiro atoms. The summed E-state index contributed by atoms with van der Waals surface area (Å²) < 4.78 is 10.6. The van der Waals surface area contributed by atoms with E-state index in [-0.39, 0.29) is 24.5 Å². The summed E-state index contributed by atoms with van der Waals surface area (Å²) in [5, 5.41) is 2.87. The number of nitrogens with one attached hydrogen (secondary N) is 1. The van der Waals surface area contributed by atoms with Crippen molar-refractivity contribution in [3.05, 3.63) is 47.7 Å². The van der Waals surface area contributed by atoms with Crippen molar-refractivity contribution in [2.45, 2.75) is 19.8 Å². The molecule has 0 aliphatic carbocycles. The second kappa shape index (κ2) is 7.26. The lowest BCUT2D eigenvalue weighted by Crippen LogP contribution is -2.41. The lowest BCUT2D eigenvalue weighted by Gasteiger charge is -2.31. The topological polar surface area (TPSA) is 80.8 Å². The second-order valence-electron chi connectivity index (χ2n) is 6.84. The zero-order valence-electron chi connectivity index (χ0n) is 15.1.